The summed E-state index contributed by atoms with van der Waals surface area (Å²) >= 11 is 0. The number of amides is 1. The largest absolute Gasteiger partial charge is 0.423 e. The van der Waals surface area contributed by atoms with Gasteiger partial charge in [-0.3, -0.25) is 9.59 Å². The Morgan fingerprint density at radius 2 is 1.78 bits per heavy atom. The Morgan fingerprint density at radius 3 is 2.46 bits per heavy atom. The Kier molecular flexibility index (Phi) is 7.31. The topological polar surface area (TPSA) is 108 Å². The van der Waals surface area contributed by atoms with E-state index in [0.29, 0.717) is 57.4 Å². The van der Waals surface area contributed by atoms with Crippen LogP contribution in [0, 0.1) is 0 Å². The summed E-state index contributed by atoms with van der Waals surface area (Å²) in [6, 6.07) is -0.324. The number of nitrogens with zero attached hydrogens (tertiary/aromatic N) is 6. The van der Waals surface area contributed by atoms with Crippen molar-refractivity contribution in [3.8, 4) is 0 Å². The summed E-state index contributed by atoms with van der Waals surface area (Å²) in [7, 11) is 0. The molecule has 2 aliphatic heterocycles. The Bertz CT molecular complexity index is 1150. The lowest BCUT2D eigenvalue weighted by atomic mass is 10.2. The van der Waals surface area contributed by atoms with E-state index in [1.807, 2.05) is 17.5 Å². The van der Waals surface area contributed by atoms with Crippen LogP contribution in [0.2, 0.25) is 0 Å². The van der Waals surface area contributed by atoms with Crippen molar-refractivity contribution in [3.63, 3.8) is 0 Å². The molecule has 10 nitrogen and oxygen atoms in total. The molecule has 37 heavy (non-hydrogen) atoms. The van der Waals surface area contributed by atoms with Crippen molar-refractivity contribution < 1.29 is 22.7 Å². The zero-order valence-corrected chi connectivity index (χ0v) is 20.4. The number of halogens is 3. The van der Waals surface area contributed by atoms with Gasteiger partial charge in [0.25, 0.3) is 5.56 Å². The van der Waals surface area contributed by atoms with Gasteiger partial charge in [-0.1, -0.05) is 0 Å². The number of rotatable bonds is 8. The van der Waals surface area contributed by atoms with Crippen LogP contribution in [0.5, 0.6) is 0 Å². The Labute approximate surface area is 211 Å². The number of ether oxygens (including phenoxy) is 1. The van der Waals surface area contributed by atoms with Crippen LogP contribution in [0.3, 0.4) is 0 Å². The van der Waals surface area contributed by atoms with Crippen LogP contribution in [0.4, 0.5) is 24.8 Å². The van der Waals surface area contributed by atoms with Gasteiger partial charge in [-0.25, -0.2) is 15.1 Å². The minimum Gasteiger partial charge on any atom is -0.379 e. The number of aromatic amines is 1. The Hall–Kier alpha value is -3.22. The van der Waals surface area contributed by atoms with Crippen LogP contribution in [0.25, 0.3) is 0 Å². The molecular weight excluding hydrogens is 491 g/mol. The summed E-state index contributed by atoms with van der Waals surface area (Å²) in [5, 5.41) is 5.43. The summed E-state index contributed by atoms with van der Waals surface area (Å²) in [6.07, 6.45) is 3.96. The molecule has 3 aliphatic rings. The number of hydrogen-bond donors (Lipinski definition) is 1. The van der Waals surface area contributed by atoms with Gasteiger partial charge in [0.15, 0.2) is 0 Å². The second kappa shape index (κ2) is 10.6. The van der Waals surface area contributed by atoms with Gasteiger partial charge in [-0.2, -0.15) is 18.3 Å². The minimum absolute atomic E-state index is 0.0221. The maximum atomic E-state index is 13.5. The number of aromatic nitrogens is 4. The SMILES string of the molecule is O=C(CCOC[C@H]1CCCN1c1cn[nH]c(=O)c1C(F)(F)F)N1CCN(c2ncc(C3CC3)cn2)CC1. The molecule has 0 radical (unpaired) electrons. The highest BCUT2D eigenvalue weighted by Gasteiger charge is 2.40. The molecule has 1 saturated carbocycles. The van der Waals surface area contributed by atoms with E-state index >= 15 is 0 Å². The van der Waals surface area contributed by atoms with Gasteiger partial charge in [0.1, 0.15) is 5.56 Å². The van der Waals surface area contributed by atoms with Crippen LogP contribution in [0.15, 0.2) is 23.4 Å². The quantitative estimate of drug-likeness (QED) is 0.527. The fourth-order valence-corrected chi connectivity index (χ4v) is 5.02. The molecule has 0 bridgehead atoms. The highest BCUT2D eigenvalue weighted by atomic mass is 19.4. The molecular formula is C24H30F3N7O3. The molecule has 2 aromatic rings. The van der Waals surface area contributed by atoms with E-state index < -0.39 is 17.3 Å². The van der Waals surface area contributed by atoms with E-state index in [1.165, 1.54) is 23.3 Å². The van der Waals surface area contributed by atoms with Crippen molar-refractivity contribution in [1.29, 1.82) is 0 Å². The second-order valence-corrected chi connectivity index (χ2v) is 9.73. The molecule has 0 aromatic carbocycles. The molecule has 1 amide bonds. The van der Waals surface area contributed by atoms with Crippen molar-refractivity contribution in [2.24, 2.45) is 0 Å². The number of carbonyl (C=O) groups excluding carboxylic acids is 1. The average molecular weight is 522 g/mol. The summed E-state index contributed by atoms with van der Waals surface area (Å²) < 4.78 is 46.1. The molecule has 200 valence electrons. The van der Waals surface area contributed by atoms with Gasteiger partial charge in [0, 0.05) is 45.1 Å². The van der Waals surface area contributed by atoms with E-state index in [2.05, 4.69) is 20.0 Å². The van der Waals surface area contributed by atoms with Gasteiger partial charge < -0.3 is 19.4 Å². The smallest absolute Gasteiger partial charge is 0.379 e. The fourth-order valence-electron chi connectivity index (χ4n) is 5.02. The number of piperazine rings is 1. The number of carbonyl (C=O) groups is 1. The van der Waals surface area contributed by atoms with Crippen molar-refractivity contribution in [1.82, 2.24) is 25.1 Å². The van der Waals surface area contributed by atoms with Crippen LogP contribution < -0.4 is 15.4 Å². The zero-order chi connectivity index (χ0) is 26.0. The minimum atomic E-state index is -4.79. The number of nitrogens with one attached hydrogen (secondary N) is 1. The van der Waals surface area contributed by atoms with Gasteiger partial charge in [-0.05, 0) is 37.2 Å². The number of alkyl halides is 3. The molecule has 13 heteroatoms. The first-order chi connectivity index (χ1) is 17.8. The highest BCUT2D eigenvalue weighted by Crippen LogP contribution is 2.39. The number of H-pyrrole nitrogens is 1. The molecule has 2 aromatic heterocycles. The first-order valence-electron chi connectivity index (χ1n) is 12.6. The first kappa shape index (κ1) is 25.4. The van der Waals surface area contributed by atoms with E-state index in [0.717, 1.165) is 6.20 Å². The van der Waals surface area contributed by atoms with Gasteiger partial charge >= 0.3 is 6.18 Å². The monoisotopic (exact) mass is 521 g/mol. The van der Waals surface area contributed by atoms with E-state index in [-0.39, 0.29) is 37.3 Å². The zero-order valence-electron chi connectivity index (χ0n) is 20.4. The van der Waals surface area contributed by atoms with Crippen LogP contribution in [-0.4, -0.2) is 83.0 Å². The third-order valence-corrected chi connectivity index (χ3v) is 7.20. The standard InChI is InChI=1S/C24H30F3N7O3/c25-24(26,27)21-19(14-30-31-22(21)36)34-6-1-2-18(34)15-37-11-5-20(35)32-7-9-33(10-8-32)23-28-12-17(13-29-23)16-3-4-16/h12-14,16,18H,1-11,15H2,(H,31,36)/t18-/m1/s1. The Balaban J connectivity index is 1.07. The lowest BCUT2D eigenvalue weighted by Gasteiger charge is -2.34. The van der Waals surface area contributed by atoms with Crippen molar-refractivity contribution in [2.45, 2.75) is 50.2 Å². The predicted octanol–water partition coefficient (Wildman–Crippen LogP) is 2.18. The molecule has 5 rings (SSSR count). The normalized spacial score (nSPS) is 20.5. The third kappa shape index (κ3) is 5.86. The maximum absolute atomic E-state index is 13.5. The van der Waals surface area contributed by atoms with E-state index in [9.17, 15) is 22.8 Å². The average Bonchev–Trinajstić information content (AvgIpc) is 3.63. The van der Waals surface area contributed by atoms with Gasteiger partial charge in [0.05, 0.1) is 37.6 Å². The summed E-state index contributed by atoms with van der Waals surface area (Å²) in [4.78, 5) is 38.9. The van der Waals surface area contributed by atoms with Gasteiger partial charge in [-0.15, -0.1) is 0 Å². The molecule has 4 heterocycles. The summed E-state index contributed by atoms with van der Waals surface area (Å²) in [6.45, 7) is 3.15. The first-order valence-corrected chi connectivity index (χ1v) is 12.6. The maximum Gasteiger partial charge on any atom is 0.423 e. The lowest BCUT2D eigenvalue weighted by molar-refractivity contribution is -0.138. The van der Waals surface area contributed by atoms with E-state index in [4.69, 9.17) is 4.74 Å². The number of hydrogen-bond acceptors (Lipinski definition) is 8. The van der Waals surface area contributed by atoms with Crippen molar-refractivity contribution in [2.75, 3.05) is 55.7 Å². The van der Waals surface area contributed by atoms with Crippen LogP contribution in [0.1, 0.15) is 49.1 Å². The lowest BCUT2D eigenvalue weighted by Crippen LogP contribution is -2.49. The number of anilines is 2. The van der Waals surface area contributed by atoms with E-state index in [1.54, 1.807) is 4.90 Å². The predicted molar refractivity (Wildman–Crippen MR) is 128 cm³/mol. The molecule has 0 unspecified atom stereocenters. The molecule has 0 spiro atoms. The highest BCUT2D eigenvalue weighted by molar-refractivity contribution is 5.76. The molecule has 1 N–H and O–H groups in total. The molecule has 3 fully saturated rings. The van der Waals surface area contributed by atoms with Gasteiger partial charge in [0.2, 0.25) is 11.9 Å². The molecule has 2 saturated heterocycles. The molecule has 1 aliphatic carbocycles. The summed E-state index contributed by atoms with van der Waals surface area (Å²) in [5.41, 5.74) is -1.55. The van der Waals surface area contributed by atoms with Crippen molar-refractivity contribution in [3.05, 3.63) is 40.1 Å². The second-order valence-electron chi connectivity index (χ2n) is 9.73. The van der Waals surface area contributed by atoms with Crippen molar-refractivity contribution >= 4 is 17.5 Å². The fraction of sp³-hybridized carbons (Fsp3) is 0.625. The van der Waals surface area contributed by atoms with Crippen LogP contribution >= 0.6 is 0 Å². The molecule has 1 atom stereocenters. The van der Waals surface area contributed by atoms with Crippen LogP contribution in [-0.2, 0) is 15.7 Å². The third-order valence-electron chi connectivity index (χ3n) is 7.20. The summed E-state index contributed by atoms with van der Waals surface area (Å²) in [5.74, 6) is 1.27. The Morgan fingerprint density at radius 1 is 1.05 bits per heavy atom.